The topological polar surface area (TPSA) is 51.2 Å². The van der Waals surface area contributed by atoms with E-state index in [0.29, 0.717) is 30.7 Å². The molecule has 0 unspecified atom stereocenters. The Kier molecular flexibility index (Phi) is 3.64. The molecule has 4 fully saturated rings. The largest absolute Gasteiger partial charge is 0.454 e. The van der Waals surface area contributed by atoms with Crippen LogP contribution in [0, 0.1) is 5.92 Å². The van der Waals surface area contributed by atoms with E-state index in [2.05, 4.69) is 21.9 Å². The summed E-state index contributed by atoms with van der Waals surface area (Å²) in [4.78, 5) is 17.4. The molecule has 0 aromatic heterocycles. The van der Waals surface area contributed by atoms with Gasteiger partial charge in [-0.05, 0) is 49.5 Å². The summed E-state index contributed by atoms with van der Waals surface area (Å²) in [6.45, 7) is 3.54. The Balaban J connectivity index is 1.50. The number of amides is 1. The van der Waals surface area contributed by atoms with Crippen LogP contribution in [0.1, 0.15) is 24.3 Å². The average molecular weight is 344 g/mol. The first-order valence-electron chi connectivity index (χ1n) is 9.18. The van der Waals surface area contributed by atoms with Crippen LogP contribution in [-0.4, -0.2) is 67.9 Å². The van der Waals surface area contributed by atoms with Crippen molar-refractivity contribution >= 4 is 5.91 Å². The Hall–Kier alpha value is -1.79. The zero-order valence-electron chi connectivity index (χ0n) is 14.5. The van der Waals surface area contributed by atoms with Crippen molar-refractivity contribution < 1.29 is 19.0 Å². The van der Waals surface area contributed by atoms with Crippen molar-refractivity contribution in [3.63, 3.8) is 0 Å². The summed E-state index contributed by atoms with van der Waals surface area (Å²) in [7, 11) is 1.59. The molecule has 2 bridgehead atoms. The molecule has 0 spiro atoms. The SMILES string of the molecule is COCC(=O)N1C[C@H](c2ccc3c(c2)OCO3)[C@H]2[C@@H]1C1CCN2CC1. The number of benzene rings is 1. The molecule has 0 radical (unpaired) electrons. The second-order valence-electron chi connectivity index (χ2n) is 7.55. The first-order chi connectivity index (χ1) is 12.3. The van der Waals surface area contributed by atoms with Gasteiger partial charge < -0.3 is 19.1 Å². The van der Waals surface area contributed by atoms with E-state index in [1.807, 2.05) is 6.07 Å². The van der Waals surface area contributed by atoms with Crippen LogP contribution in [-0.2, 0) is 9.53 Å². The van der Waals surface area contributed by atoms with Crippen molar-refractivity contribution in [2.75, 3.05) is 40.1 Å². The number of carbonyl (C=O) groups excluding carboxylic acids is 1. The standard InChI is InChI=1S/C19H24N2O4/c1-23-10-17(22)21-9-14(13-2-3-15-16(8-13)25-11-24-15)19-18(21)12-4-6-20(19)7-5-12/h2-3,8,12,14,18-19H,4-7,9-11H2,1H3/t14-,18+,19+/m1/s1. The molecule has 5 aliphatic heterocycles. The lowest BCUT2D eigenvalue weighted by atomic mass is 9.75. The second kappa shape index (κ2) is 5.88. The highest BCUT2D eigenvalue weighted by Gasteiger charge is 2.54. The van der Waals surface area contributed by atoms with Gasteiger partial charge in [-0.2, -0.15) is 0 Å². The number of hydrogen-bond acceptors (Lipinski definition) is 5. The van der Waals surface area contributed by atoms with Crippen LogP contribution in [0.4, 0.5) is 0 Å². The van der Waals surface area contributed by atoms with Crippen LogP contribution in [0.3, 0.4) is 0 Å². The zero-order chi connectivity index (χ0) is 17.0. The monoisotopic (exact) mass is 344 g/mol. The second-order valence-corrected chi connectivity index (χ2v) is 7.55. The van der Waals surface area contributed by atoms with E-state index in [4.69, 9.17) is 14.2 Å². The van der Waals surface area contributed by atoms with E-state index < -0.39 is 0 Å². The number of fused-ring (bicyclic) bond motifs is 3. The van der Waals surface area contributed by atoms with Gasteiger partial charge in [0.05, 0.1) is 6.04 Å². The minimum absolute atomic E-state index is 0.120. The highest BCUT2D eigenvalue weighted by atomic mass is 16.7. The van der Waals surface area contributed by atoms with Gasteiger partial charge in [0, 0.05) is 25.6 Å². The molecule has 6 nitrogen and oxygen atoms in total. The first kappa shape index (κ1) is 15.5. The Morgan fingerprint density at radius 2 is 2.00 bits per heavy atom. The van der Waals surface area contributed by atoms with Gasteiger partial charge in [0.1, 0.15) is 6.61 Å². The summed E-state index contributed by atoms with van der Waals surface area (Å²) >= 11 is 0. The van der Waals surface area contributed by atoms with Gasteiger partial charge in [-0.1, -0.05) is 6.07 Å². The average Bonchev–Trinajstić information content (AvgIpc) is 3.28. The molecule has 1 aromatic rings. The van der Waals surface area contributed by atoms with Gasteiger partial charge in [0.2, 0.25) is 12.7 Å². The predicted octanol–water partition coefficient (Wildman–Crippen LogP) is 1.45. The molecule has 4 saturated heterocycles. The summed E-state index contributed by atoms with van der Waals surface area (Å²) in [5.74, 6) is 2.70. The maximum Gasteiger partial charge on any atom is 0.248 e. The Bertz CT molecular complexity index is 686. The molecule has 1 amide bonds. The first-order valence-corrected chi connectivity index (χ1v) is 9.18. The highest BCUT2D eigenvalue weighted by molar-refractivity contribution is 5.78. The maximum atomic E-state index is 12.7. The summed E-state index contributed by atoms with van der Waals surface area (Å²) in [5.41, 5.74) is 1.25. The number of piperidine rings is 3. The number of nitrogens with zero attached hydrogens (tertiary/aromatic N) is 2. The number of likely N-dealkylation sites (tertiary alicyclic amines) is 1. The lowest BCUT2D eigenvalue weighted by Gasteiger charge is -2.51. The molecule has 5 heterocycles. The molecule has 1 aromatic carbocycles. The predicted molar refractivity (Wildman–Crippen MR) is 90.8 cm³/mol. The Morgan fingerprint density at radius 1 is 1.20 bits per heavy atom. The third-order valence-corrected chi connectivity index (χ3v) is 6.41. The van der Waals surface area contributed by atoms with Crippen LogP contribution in [0.15, 0.2) is 18.2 Å². The van der Waals surface area contributed by atoms with E-state index in [-0.39, 0.29) is 12.5 Å². The molecule has 25 heavy (non-hydrogen) atoms. The number of ether oxygens (including phenoxy) is 3. The normalized spacial score (nSPS) is 35.1. The van der Waals surface area contributed by atoms with E-state index in [1.165, 1.54) is 18.4 Å². The molecule has 0 aliphatic carbocycles. The Morgan fingerprint density at radius 3 is 2.80 bits per heavy atom. The van der Waals surface area contributed by atoms with E-state index in [1.54, 1.807) is 7.11 Å². The molecule has 134 valence electrons. The summed E-state index contributed by atoms with van der Waals surface area (Å²) in [5, 5.41) is 0. The van der Waals surface area contributed by atoms with Crippen LogP contribution < -0.4 is 9.47 Å². The molecule has 0 saturated carbocycles. The molecular weight excluding hydrogens is 320 g/mol. The Labute approximate surface area is 147 Å². The van der Waals surface area contributed by atoms with Crippen molar-refractivity contribution in [3.05, 3.63) is 23.8 Å². The van der Waals surface area contributed by atoms with Gasteiger partial charge in [-0.3, -0.25) is 9.69 Å². The summed E-state index contributed by atoms with van der Waals surface area (Å²) in [6, 6.07) is 6.98. The van der Waals surface area contributed by atoms with Crippen LogP contribution in [0.25, 0.3) is 0 Å². The lowest BCUT2D eigenvalue weighted by molar-refractivity contribution is -0.139. The molecule has 6 heteroatoms. The van der Waals surface area contributed by atoms with Crippen molar-refractivity contribution in [2.45, 2.75) is 30.8 Å². The molecule has 6 rings (SSSR count). The molecule has 0 N–H and O–H groups in total. The van der Waals surface area contributed by atoms with Crippen LogP contribution in [0.5, 0.6) is 11.5 Å². The minimum atomic E-state index is 0.120. The fourth-order valence-electron chi connectivity index (χ4n) is 5.35. The smallest absolute Gasteiger partial charge is 0.248 e. The van der Waals surface area contributed by atoms with E-state index >= 15 is 0 Å². The summed E-state index contributed by atoms with van der Waals surface area (Å²) in [6.07, 6.45) is 2.40. The van der Waals surface area contributed by atoms with Crippen molar-refractivity contribution in [1.29, 1.82) is 0 Å². The number of carbonyl (C=O) groups is 1. The molecule has 3 atom stereocenters. The van der Waals surface area contributed by atoms with Gasteiger partial charge in [-0.15, -0.1) is 0 Å². The minimum Gasteiger partial charge on any atom is -0.454 e. The lowest BCUT2D eigenvalue weighted by Crippen LogP contribution is -2.61. The zero-order valence-corrected chi connectivity index (χ0v) is 14.5. The van der Waals surface area contributed by atoms with Crippen molar-refractivity contribution in [1.82, 2.24) is 9.80 Å². The third-order valence-electron chi connectivity index (χ3n) is 6.41. The van der Waals surface area contributed by atoms with Gasteiger partial charge in [0.15, 0.2) is 11.5 Å². The molecular formula is C19H24N2O4. The maximum absolute atomic E-state index is 12.7. The quantitative estimate of drug-likeness (QED) is 0.831. The number of hydrogen-bond donors (Lipinski definition) is 0. The van der Waals surface area contributed by atoms with Crippen molar-refractivity contribution in [2.24, 2.45) is 5.92 Å². The van der Waals surface area contributed by atoms with E-state index in [0.717, 1.165) is 31.1 Å². The highest BCUT2D eigenvalue weighted by Crippen LogP contribution is 2.47. The fraction of sp³-hybridized carbons (Fsp3) is 0.632. The van der Waals surface area contributed by atoms with Gasteiger partial charge >= 0.3 is 0 Å². The third kappa shape index (κ3) is 2.34. The van der Waals surface area contributed by atoms with Crippen LogP contribution in [0.2, 0.25) is 0 Å². The van der Waals surface area contributed by atoms with Gasteiger partial charge in [0.25, 0.3) is 0 Å². The fourth-order valence-corrected chi connectivity index (χ4v) is 5.35. The van der Waals surface area contributed by atoms with E-state index in [9.17, 15) is 4.79 Å². The molecule has 5 aliphatic rings. The number of rotatable bonds is 3. The van der Waals surface area contributed by atoms with Crippen LogP contribution >= 0.6 is 0 Å². The number of methoxy groups -OCH3 is 1. The van der Waals surface area contributed by atoms with Crippen molar-refractivity contribution in [3.8, 4) is 11.5 Å². The summed E-state index contributed by atoms with van der Waals surface area (Å²) < 4.78 is 16.2. The van der Waals surface area contributed by atoms with Gasteiger partial charge in [-0.25, -0.2) is 0 Å².